The fourth-order valence-electron chi connectivity index (χ4n) is 2.90. The molecule has 0 aliphatic carbocycles. The third-order valence-electron chi connectivity index (χ3n) is 3.99. The number of hydrogen-bond donors (Lipinski definition) is 1. The smallest absolute Gasteiger partial charge is 0.244 e. The van der Waals surface area contributed by atoms with Crippen LogP contribution in [0.2, 0.25) is 0 Å². The van der Waals surface area contributed by atoms with Gasteiger partial charge in [0.1, 0.15) is 12.9 Å². The first-order chi connectivity index (χ1) is 9.20. The van der Waals surface area contributed by atoms with Crippen molar-refractivity contribution in [3.8, 4) is 0 Å². The molecule has 2 fully saturated rings. The summed E-state index contributed by atoms with van der Waals surface area (Å²) in [5, 5.41) is 13.6. The number of nitrogens with zero attached hydrogens (tertiary/aromatic N) is 5. The van der Waals surface area contributed by atoms with Gasteiger partial charge in [-0.05, 0) is 29.7 Å². The minimum Gasteiger partial charge on any atom is -0.356 e. The Morgan fingerprint density at radius 2 is 2.37 bits per heavy atom. The van der Waals surface area contributed by atoms with Crippen molar-refractivity contribution in [2.45, 2.75) is 25.8 Å². The van der Waals surface area contributed by atoms with Crippen LogP contribution in [0.15, 0.2) is 6.33 Å². The van der Waals surface area contributed by atoms with Crippen LogP contribution in [0.4, 0.5) is 0 Å². The van der Waals surface area contributed by atoms with E-state index in [-0.39, 0.29) is 23.8 Å². The zero-order valence-electron chi connectivity index (χ0n) is 10.6. The molecule has 3 rings (SSSR count). The van der Waals surface area contributed by atoms with Gasteiger partial charge in [-0.2, -0.15) is 0 Å². The summed E-state index contributed by atoms with van der Waals surface area (Å²) in [6, 6.07) is 0. The lowest BCUT2D eigenvalue weighted by Crippen LogP contribution is -2.48. The summed E-state index contributed by atoms with van der Waals surface area (Å²) in [5.74, 6) is 0.0546. The molecule has 19 heavy (non-hydrogen) atoms. The van der Waals surface area contributed by atoms with Crippen molar-refractivity contribution in [3.63, 3.8) is 0 Å². The Labute approximate surface area is 110 Å². The average molecular weight is 264 g/mol. The minimum atomic E-state index is -0.367. The molecule has 1 aromatic rings. The maximum Gasteiger partial charge on any atom is 0.244 e. The normalized spacial score (nSPS) is 26.7. The van der Waals surface area contributed by atoms with Crippen molar-refractivity contribution >= 4 is 11.8 Å². The highest BCUT2D eigenvalue weighted by molar-refractivity contribution is 5.85. The van der Waals surface area contributed by atoms with E-state index >= 15 is 0 Å². The van der Waals surface area contributed by atoms with Crippen LogP contribution in [-0.4, -0.2) is 56.6 Å². The molecule has 0 saturated carbocycles. The van der Waals surface area contributed by atoms with Crippen LogP contribution in [0.5, 0.6) is 0 Å². The molecule has 2 saturated heterocycles. The highest BCUT2D eigenvalue weighted by Crippen LogP contribution is 2.37. The summed E-state index contributed by atoms with van der Waals surface area (Å²) >= 11 is 0. The number of piperidine rings is 1. The van der Waals surface area contributed by atoms with E-state index in [0.717, 1.165) is 25.8 Å². The van der Waals surface area contributed by atoms with E-state index in [0.29, 0.717) is 13.1 Å². The summed E-state index contributed by atoms with van der Waals surface area (Å²) < 4.78 is 1.40. The van der Waals surface area contributed by atoms with Gasteiger partial charge < -0.3 is 10.2 Å². The predicted molar refractivity (Wildman–Crippen MR) is 63.7 cm³/mol. The van der Waals surface area contributed by atoms with Crippen LogP contribution in [0.3, 0.4) is 0 Å². The minimum absolute atomic E-state index is 0.0393. The molecule has 102 valence electrons. The number of hydrogen-bond acceptors (Lipinski definition) is 5. The van der Waals surface area contributed by atoms with E-state index in [4.69, 9.17) is 0 Å². The number of likely N-dealkylation sites (tertiary alicyclic amines) is 1. The first-order valence-electron chi connectivity index (χ1n) is 6.46. The number of amides is 2. The monoisotopic (exact) mass is 264 g/mol. The average Bonchev–Trinajstić information content (AvgIpc) is 3.04. The lowest BCUT2D eigenvalue weighted by Gasteiger charge is -2.32. The van der Waals surface area contributed by atoms with Gasteiger partial charge in [-0.1, -0.05) is 0 Å². The van der Waals surface area contributed by atoms with E-state index in [1.807, 2.05) is 0 Å². The summed E-state index contributed by atoms with van der Waals surface area (Å²) in [4.78, 5) is 25.9. The third kappa shape index (κ3) is 2.18. The Hall–Kier alpha value is -1.99. The van der Waals surface area contributed by atoms with Gasteiger partial charge in [-0.15, -0.1) is 5.10 Å². The van der Waals surface area contributed by atoms with Crippen molar-refractivity contribution in [3.05, 3.63) is 6.33 Å². The molecule has 1 aromatic heterocycles. The zero-order chi connectivity index (χ0) is 13.3. The Bertz CT molecular complexity index is 487. The SMILES string of the molecule is O=C(Cn1cnnn1)N1CC[C@]2(CCCNC2=O)C1. The van der Waals surface area contributed by atoms with Gasteiger partial charge in [0.2, 0.25) is 11.8 Å². The fourth-order valence-corrected chi connectivity index (χ4v) is 2.90. The van der Waals surface area contributed by atoms with Crippen LogP contribution in [0.25, 0.3) is 0 Å². The van der Waals surface area contributed by atoms with Crippen molar-refractivity contribution in [2.75, 3.05) is 19.6 Å². The molecule has 0 bridgehead atoms. The first kappa shape index (κ1) is 12.1. The van der Waals surface area contributed by atoms with Crippen LogP contribution >= 0.6 is 0 Å². The van der Waals surface area contributed by atoms with Gasteiger partial charge in [0.05, 0.1) is 5.41 Å². The Morgan fingerprint density at radius 1 is 1.47 bits per heavy atom. The summed E-state index contributed by atoms with van der Waals surface area (Å²) in [5.41, 5.74) is -0.367. The first-order valence-corrected chi connectivity index (χ1v) is 6.46. The van der Waals surface area contributed by atoms with Gasteiger partial charge >= 0.3 is 0 Å². The number of aromatic nitrogens is 4. The molecule has 0 radical (unpaired) electrons. The van der Waals surface area contributed by atoms with Crippen molar-refractivity contribution in [2.24, 2.45) is 5.41 Å². The molecule has 2 aliphatic rings. The quantitative estimate of drug-likeness (QED) is 0.724. The van der Waals surface area contributed by atoms with Gasteiger partial charge in [0.15, 0.2) is 0 Å². The Balaban J connectivity index is 1.65. The molecule has 1 N–H and O–H groups in total. The van der Waals surface area contributed by atoms with Gasteiger partial charge in [0, 0.05) is 19.6 Å². The Morgan fingerprint density at radius 3 is 3.11 bits per heavy atom. The highest BCUT2D eigenvalue weighted by atomic mass is 16.2. The molecular weight excluding hydrogens is 248 g/mol. The van der Waals surface area contributed by atoms with Gasteiger partial charge in [0.25, 0.3) is 0 Å². The zero-order valence-corrected chi connectivity index (χ0v) is 10.6. The largest absolute Gasteiger partial charge is 0.356 e. The summed E-state index contributed by atoms with van der Waals surface area (Å²) in [6.07, 6.45) is 4.02. The van der Waals surface area contributed by atoms with E-state index in [9.17, 15) is 9.59 Å². The molecular formula is C11H16N6O2. The molecule has 2 amide bonds. The molecule has 3 heterocycles. The number of rotatable bonds is 2. The second-order valence-electron chi connectivity index (χ2n) is 5.21. The van der Waals surface area contributed by atoms with E-state index in [1.54, 1.807) is 4.90 Å². The van der Waals surface area contributed by atoms with Gasteiger partial charge in [-0.3, -0.25) is 9.59 Å². The molecule has 0 unspecified atom stereocenters. The van der Waals surface area contributed by atoms with E-state index in [2.05, 4.69) is 20.8 Å². The molecule has 0 aromatic carbocycles. The molecule has 8 nitrogen and oxygen atoms in total. The Kier molecular flexibility index (Phi) is 2.92. The second kappa shape index (κ2) is 4.60. The lowest BCUT2D eigenvalue weighted by molar-refractivity contribution is -0.135. The van der Waals surface area contributed by atoms with Crippen LogP contribution < -0.4 is 5.32 Å². The van der Waals surface area contributed by atoms with Crippen molar-refractivity contribution in [1.82, 2.24) is 30.4 Å². The maximum atomic E-state index is 12.1. The third-order valence-corrected chi connectivity index (χ3v) is 3.99. The second-order valence-corrected chi connectivity index (χ2v) is 5.21. The number of carbonyl (C=O) groups is 2. The van der Waals surface area contributed by atoms with E-state index < -0.39 is 0 Å². The predicted octanol–water partition coefficient (Wildman–Crippen LogP) is -1.20. The van der Waals surface area contributed by atoms with Crippen LogP contribution in [0.1, 0.15) is 19.3 Å². The summed E-state index contributed by atoms with van der Waals surface area (Å²) in [7, 11) is 0. The summed E-state index contributed by atoms with van der Waals surface area (Å²) in [6.45, 7) is 2.03. The molecule has 2 aliphatic heterocycles. The maximum absolute atomic E-state index is 12.1. The lowest BCUT2D eigenvalue weighted by atomic mass is 9.79. The molecule has 1 spiro atoms. The van der Waals surface area contributed by atoms with Gasteiger partial charge in [-0.25, -0.2) is 4.68 Å². The number of carbonyl (C=O) groups excluding carboxylic acids is 2. The van der Waals surface area contributed by atoms with Crippen molar-refractivity contribution < 1.29 is 9.59 Å². The highest BCUT2D eigenvalue weighted by Gasteiger charge is 2.46. The van der Waals surface area contributed by atoms with E-state index in [1.165, 1.54) is 11.0 Å². The van der Waals surface area contributed by atoms with Crippen LogP contribution in [0, 0.1) is 5.41 Å². The van der Waals surface area contributed by atoms with Crippen LogP contribution in [-0.2, 0) is 16.1 Å². The fraction of sp³-hybridized carbons (Fsp3) is 0.727. The number of tetrazole rings is 1. The molecule has 8 heteroatoms. The van der Waals surface area contributed by atoms with Crippen molar-refractivity contribution in [1.29, 1.82) is 0 Å². The topological polar surface area (TPSA) is 93.0 Å². The molecule has 1 atom stereocenters. The number of nitrogens with one attached hydrogen (secondary N) is 1. The standard InChI is InChI=1S/C11H16N6O2/c18-9(6-17-8-13-14-15-17)16-5-3-11(7-16)2-1-4-12-10(11)19/h8H,1-7H2,(H,12,19)/t11-/m1/s1.